The second kappa shape index (κ2) is 6.02. The molecule has 0 aromatic heterocycles. The molecule has 6 atom stereocenters. The molecule has 28 heavy (non-hydrogen) atoms. The van der Waals surface area contributed by atoms with Crippen LogP contribution in [0.2, 0.25) is 0 Å². The van der Waals surface area contributed by atoms with E-state index >= 15 is 0 Å². The van der Waals surface area contributed by atoms with Crippen molar-refractivity contribution < 1.29 is 19.1 Å². The third kappa shape index (κ3) is 2.51. The summed E-state index contributed by atoms with van der Waals surface area (Å²) in [6.07, 6.45) is 4.32. The Bertz CT molecular complexity index is 670. The first kappa shape index (κ1) is 19.8. The van der Waals surface area contributed by atoms with Crippen molar-refractivity contribution in [3.63, 3.8) is 0 Å². The number of ether oxygens (including phenoxy) is 2. The molecule has 2 amide bonds. The molecule has 6 nitrogen and oxygen atoms in total. The van der Waals surface area contributed by atoms with E-state index in [1.807, 2.05) is 0 Å². The highest BCUT2D eigenvalue weighted by Gasteiger charge is 2.64. The lowest BCUT2D eigenvalue weighted by molar-refractivity contribution is -0.00458. The van der Waals surface area contributed by atoms with Crippen molar-refractivity contribution in [1.82, 2.24) is 0 Å². The minimum Gasteiger partial charge on any atom is -0.443 e. The fourth-order valence-corrected chi connectivity index (χ4v) is 6.99. The molecular weight excluding hydrogens is 356 g/mol. The molecule has 0 aliphatic heterocycles. The van der Waals surface area contributed by atoms with Crippen LogP contribution in [0.5, 0.6) is 0 Å². The Morgan fingerprint density at radius 3 is 1.32 bits per heavy atom. The van der Waals surface area contributed by atoms with Gasteiger partial charge in [0.15, 0.2) is 0 Å². The average Bonchev–Trinajstić information content (AvgIpc) is 3.12. The van der Waals surface area contributed by atoms with Gasteiger partial charge in [-0.1, -0.05) is 51.8 Å². The lowest BCUT2D eigenvalue weighted by Gasteiger charge is -2.38. The number of rotatable bonds is 2. The summed E-state index contributed by atoms with van der Waals surface area (Å²) < 4.78 is 11.2. The highest BCUT2D eigenvalue weighted by Crippen LogP contribution is 2.67. The number of hydrogen-bond acceptors (Lipinski definition) is 4. The molecule has 4 aliphatic rings. The predicted octanol–water partition coefficient (Wildman–Crippen LogP) is 6.14. The summed E-state index contributed by atoms with van der Waals surface area (Å²) in [5.74, 6) is 1.14. The molecule has 0 N–H and O–H groups in total. The molecule has 6 heteroatoms. The topological polar surface area (TPSA) is 77.3 Å². The molecule has 0 spiro atoms. The highest BCUT2D eigenvalue weighted by atomic mass is 16.6. The molecule has 0 saturated heterocycles. The van der Waals surface area contributed by atoms with Gasteiger partial charge in [0.25, 0.3) is 0 Å². The SMILES string of the molecule is CC1(C)[C@H]2CC[C@]1(C)[C@H](OC(=O)/N=N/C(=O)O[C@@H]1C[C@@H]3CC[C@@]1(C)C3(C)C)C2. The van der Waals surface area contributed by atoms with Crippen molar-refractivity contribution in [3.05, 3.63) is 0 Å². The largest absolute Gasteiger partial charge is 0.452 e. The highest BCUT2D eigenvalue weighted by molar-refractivity contribution is 5.73. The van der Waals surface area contributed by atoms with Crippen LogP contribution in [-0.4, -0.2) is 24.4 Å². The summed E-state index contributed by atoms with van der Waals surface area (Å²) in [7, 11) is 0. The van der Waals surface area contributed by atoms with E-state index in [1.54, 1.807) is 0 Å². The Hall–Kier alpha value is -1.46. The van der Waals surface area contributed by atoms with E-state index in [2.05, 4.69) is 51.8 Å². The molecule has 156 valence electrons. The van der Waals surface area contributed by atoms with E-state index in [9.17, 15) is 9.59 Å². The van der Waals surface area contributed by atoms with Crippen molar-refractivity contribution in [2.45, 2.75) is 92.3 Å². The first-order valence-corrected chi connectivity index (χ1v) is 10.7. The van der Waals surface area contributed by atoms with E-state index in [4.69, 9.17) is 9.47 Å². The Morgan fingerprint density at radius 1 is 0.714 bits per heavy atom. The third-order valence-corrected chi connectivity index (χ3v) is 10.1. The maximum absolute atomic E-state index is 12.2. The van der Waals surface area contributed by atoms with E-state index in [0.29, 0.717) is 11.8 Å². The second-order valence-corrected chi connectivity index (χ2v) is 11.2. The zero-order valence-corrected chi connectivity index (χ0v) is 18.1. The van der Waals surface area contributed by atoms with Crippen molar-refractivity contribution in [3.8, 4) is 0 Å². The smallest absolute Gasteiger partial charge is 0.443 e. The summed E-state index contributed by atoms with van der Waals surface area (Å²) in [6.45, 7) is 13.4. The normalized spacial score (nSPS) is 44.9. The van der Waals surface area contributed by atoms with Crippen LogP contribution < -0.4 is 0 Å². The van der Waals surface area contributed by atoms with Crippen LogP contribution in [0.25, 0.3) is 0 Å². The maximum atomic E-state index is 12.2. The van der Waals surface area contributed by atoms with Crippen molar-refractivity contribution in [2.24, 2.45) is 43.7 Å². The molecule has 4 fully saturated rings. The summed E-state index contributed by atoms with van der Waals surface area (Å²) >= 11 is 0. The number of fused-ring (bicyclic) bond motifs is 4. The zero-order valence-electron chi connectivity index (χ0n) is 18.1. The van der Waals surface area contributed by atoms with Crippen molar-refractivity contribution in [2.75, 3.05) is 0 Å². The molecule has 4 bridgehead atoms. The van der Waals surface area contributed by atoms with Crippen LogP contribution in [0.1, 0.15) is 80.1 Å². The Kier molecular flexibility index (Phi) is 4.27. The second-order valence-electron chi connectivity index (χ2n) is 11.2. The molecule has 0 unspecified atom stereocenters. The van der Waals surface area contributed by atoms with Crippen LogP contribution in [-0.2, 0) is 9.47 Å². The van der Waals surface area contributed by atoms with Crippen LogP contribution in [0.15, 0.2) is 10.2 Å². The minimum atomic E-state index is -0.786. The monoisotopic (exact) mass is 390 g/mol. The number of carbonyl (C=O) groups excluding carboxylic acids is 2. The van der Waals surface area contributed by atoms with E-state index in [1.165, 1.54) is 12.8 Å². The molecule has 0 heterocycles. The van der Waals surface area contributed by atoms with Gasteiger partial charge >= 0.3 is 12.2 Å². The standard InChI is InChI=1S/C22H34N2O4/c1-19(2)13-7-9-21(19,5)15(11-13)27-17(25)23-24-18(26)28-16-12-14-8-10-22(16,6)20(14,3)4/h13-16H,7-12H2,1-6H3/b24-23+/t13-,14-,15+,16+,21+,22+/m0/s1. The van der Waals surface area contributed by atoms with Gasteiger partial charge in [0, 0.05) is 10.8 Å². The number of azo groups is 1. The fourth-order valence-electron chi connectivity index (χ4n) is 6.99. The molecule has 4 rings (SSSR count). The van der Waals surface area contributed by atoms with E-state index < -0.39 is 12.2 Å². The van der Waals surface area contributed by atoms with E-state index in [-0.39, 0.29) is 33.9 Å². The van der Waals surface area contributed by atoms with Gasteiger partial charge in [-0.05, 0) is 61.2 Å². The van der Waals surface area contributed by atoms with Gasteiger partial charge in [-0.15, -0.1) is 0 Å². The van der Waals surface area contributed by atoms with Crippen molar-refractivity contribution in [1.29, 1.82) is 0 Å². The molecule has 4 saturated carbocycles. The summed E-state index contributed by atoms with van der Waals surface area (Å²) in [4.78, 5) is 24.3. The van der Waals surface area contributed by atoms with Gasteiger partial charge in [0.2, 0.25) is 0 Å². The first-order chi connectivity index (χ1) is 12.9. The zero-order chi connectivity index (χ0) is 20.5. The van der Waals surface area contributed by atoms with Gasteiger partial charge in [0.1, 0.15) is 12.2 Å². The Balaban J connectivity index is 1.33. The minimum absolute atomic E-state index is 0.0351. The number of nitrogens with zero attached hydrogens (tertiary/aromatic N) is 2. The van der Waals surface area contributed by atoms with Crippen LogP contribution in [0, 0.1) is 33.5 Å². The summed E-state index contributed by atoms with van der Waals surface area (Å²) in [5, 5.41) is 7.01. The van der Waals surface area contributed by atoms with E-state index in [0.717, 1.165) is 25.7 Å². The Morgan fingerprint density at radius 2 is 1.07 bits per heavy atom. The van der Waals surface area contributed by atoms with Crippen molar-refractivity contribution >= 4 is 12.2 Å². The molecule has 0 aromatic carbocycles. The molecule has 4 aliphatic carbocycles. The number of carbonyl (C=O) groups is 2. The van der Waals surface area contributed by atoms with Crippen LogP contribution in [0.3, 0.4) is 0 Å². The lowest BCUT2D eigenvalue weighted by Crippen LogP contribution is -2.38. The lowest BCUT2D eigenvalue weighted by atomic mass is 9.70. The van der Waals surface area contributed by atoms with Gasteiger partial charge in [0.05, 0.1) is 0 Å². The number of amides is 2. The molecule has 0 radical (unpaired) electrons. The van der Waals surface area contributed by atoms with Gasteiger partial charge < -0.3 is 9.47 Å². The third-order valence-electron chi connectivity index (χ3n) is 10.1. The van der Waals surface area contributed by atoms with Crippen LogP contribution >= 0.6 is 0 Å². The molecular formula is C22H34N2O4. The quantitative estimate of drug-likeness (QED) is 0.530. The van der Waals surface area contributed by atoms with Crippen LogP contribution in [0.4, 0.5) is 9.59 Å². The average molecular weight is 391 g/mol. The maximum Gasteiger partial charge on any atom is 0.452 e. The summed E-state index contributed by atoms with van der Waals surface area (Å²) in [5.41, 5.74) is 0.231. The predicted molar refractivity (Wildman–Crippen MR) is 104 cm³/mol. The van der Waals surface area contributed by atoms with Gasteiger partial charge in [-0.25, -0.2) is 9.59 Å². The Labute approximate surface area is 167 Å². The fraction of sp³-hybridized carbons (Fsp3) is 0.909. The summed E-state index contributed by atoms with van der Waals surface area (Å²) in [6, 6.07) is 0. The number of hydrogen-bond donors (Lipinski definition) is 0. The van der Waals surface area contributed by atoms with Gasteiger partial charge in [-0.2, -0.15) is 0 Å². The van der Waals surface area contributed by atoms with Gasteiger partial charge in [-0.3, -0.25) is 0 Å². The first-order valence-electron chi connectivity index (χ1n) is 10.7. The molecule has 0 aromatic rings.